The van der Waals surface area contributed by atoms with Crippen LogP contribution in [0.2, 0.25) is 0 Å². The molecule has 0 aliphatic rings. The average molecular weight is 337 g/mol. The number of hydrogen-bond acceptors (Lipinski definition) is 5. The zero-order valence-corrected chi connectivity index (χ0v) is 15.3. The molecule has 1 rings (SSSR count). The number of methoxy groups -OCH3 is 1. The van der Waals surface area contributed by atoms with Gasteiger partial charge < -0.3 is 19.5 Å². The lowest BCUT2D eigenvalue weighted by Crippen LogP contribution is -2.44. The summed E-state index contributed by atoms with van der Waals surface area (Å²) in [7, 11) is 1.28. The highest BCUT2D eigenvalue weighted by molar-refractivity contribution is 5.81. The summed E-state index contributed by atoms with van der Waals surface area (Å²) >= 11 is 0. The number of ether oxygens (including phenoxy) is 3. The van der Waals surface area contributed by atoms with Gasteiger partial charge in [-0.3, -0.25) is 0 Å². The maximum atomic E-state index is 11.8. The summed E-state index contributed by atoms with van der Waals surface area (Å²) in [4.78, 5) is 23.7. The fourth-order valence-corrected chi connectivity index (χ4v) is 2.01. The molecule has 0 aromatic heterocycles. The van der Waals surface area contributed by atoms with Crippen molar-refractivity contribution in [3.05, 3.63) is 29.3 Å². The third kappa shape index (κ3) is 6.48. The number of nitrogens with one attached hydrogen (secondary N) is 1. The Hall–Kier alpha value is -2.24. The number of carbonyl (C=O) groups is 2. The lowest BCUT2D eigenvalue weighted by molar-refractivity contribution is -0.143. The van der Waals surface area contributed by atoms with Crippen molar-refractivity contribution in [3.8, 4) is 5.75 Å². The molecule has 0 unspecified atom stereocenters. The smallest absolute Gasteiger partial charge is 0.408 e. The van der Waals surface area contributed by atoms with Crippen molar-refractivity contribution in [2.24, 2.45) is 0 Å². The second-order valence-electron chi connectivity index (χ2n) is 6.56. The van der Waals surface area contributed by atoms with E-state index in [2.05, 4.69) is 5.32 Å². The highest BCUT2D eigenvalue weighted by Crippen LogP contribution is 2.20. The van der Waals surface area contributed by atoms with E-state index in [1.807, 2.05) is 32.0 Å². The van der Waals surface area contributed by atoms with Crippen LogP contribution in [0.1, 0.15) is 38.3 Å². The van der Waals surface area contributed by atoms with Gasteiger partial charge in [-0.25, -0.2) is 9.59 Å². The summed E-state index contributed by atoms with van der Waals surface area (Å²) in [5, 5.41) is 2.52. The van der Waals surface area contributed by atoms with Gasteiger partial charge in [0, 0.05) is 6.42 Å². The van der Waals surface area contributed by atoms with Gasteiger partial charge in [-0.05, 0) is 51.8 Å². The highest BCUT2D eigenvalue weighted by Gasteiger charge is 2.25. The normalized spacial score (nSPS) is 12.2. The predicted molar refractivity (Wildman–Crippen MR) is 91.2 cm³/mol. The van der Waals surface area contributed by atoms with Gasteiger partial charge >= 0.3 is 12.1 Å². The van der Waals surface area contributed by atoms with E-state index in [-0.39, 0.29) is 13.0 Å². The molecule has 0 saturated carbocycles. The first-order chi connectivity index (χ1) is 11.1. The molecule has 1 N–H and O–H groups in total. The van der Waals surface area contributed by atoms with E-state index in [1.54, 1.807) is 20.8 Å². The van der Waals surface area contributed by atoms with Crippen LogP contribution in [0.25, 0.3) is 0 Å². The van der Waals surface area contributed by atoms with Gasteiger partial charge in [0.2, 0.25) is 0 Å². The van der Waals surface area contributed by atoms with E-state index in [4.69, 9.17) is 14.2 Å². The van der Waals surface area contributed by atoms with E-state index in [1.165, 1.54) is 7.11 Å². The molecule has 0 radical (unpaired) electrons. The minimum Gasteiger partial charge on any atom is -0.493 e. The summed E-state index contributed by atoms with van der Waals surface area (Å²) in [6, 6.07) is 4.96. The Labute approximate surface area is 143 Å². The maximum absolute atomic E-state index is 11.8. The quantitative estimate of drug-likeness (QED) is 0.807. The van der Waals surface area contributed by atoms with Crippen molar-refractivity contribution in [3.63, 3.8) is 0 Å². The molecular formula is C18H27NO5. The number of rotatable bonds is 6. The van der Waals surface area contributed by atoms with Crippen molar-refractivity contribution in [2.75, 3.05) is 13.7 Å². The fourth-order valence-electron chi connectivity index (χ4n) is 2.01. The highest BCUT2D eigenvalue weighted by atomic mass is 16.6. The van der Waals surface area contributed by atoms with Crippen LogP contribution in [0, 0.1) is 13.8 Å². The van der Waals surface area contributed by atoms with Crippen LogP contribution in [0.3, 0.4) is 0 Å². The van der Waals surface area contributed by atoms with Crippen molar-refractivity contribution in [1.29, 1.82) is 0 Å². The zero-order valence-electron chi connectivity index (χ0n) is 15.3. The molecule has 6 nitrogen and oxygen atoms in total. The molecule has 0 spiro atoms. The average Bonchev–Trinajstić information content (AvgIpc) is 2.47. The maximum Gasteiger partial charge on any atom is 0.408 e. The van der Waals surface area contributed by atoms with Crippen molar-refractivity contribution >= 4 is 12.1 Å². The molecule has 24 heavy (non-hydrogen) atoms. The number of amides is 1. The van der Waals surface area contributed by atoms with Crippen LogP contribution in [0.4, 0.5) is 4.79 Å². The second kappa shape index (κ2) is 8.57. The molecule has 6 heteroatoms. The molecular weight excluding hydrogens is 310 g/mol. The number of benzene rings is 1. The van der Waals surface area contributed by atoms with Gasteiger partial charge in [-0.1, -0.05) is 12.1 Å². The minimum absolute atomic E-state index is 0.264. The Kier molecular flexibility index (Phi) is 7.07. The van der Waals surface area contributed by atoms with Crippen molar-refractivity contribution in [2.45, 2.75) is 52.7 Å². The first kappa shape index (κ1) is 19.8. The van der Waals surface area contributed by atoms with E-state index in [0.29, 0.717) is 0 Å². The summed E-state index contributed by atoms with van der Waals surface area (Å²) in [6.45, 7) is 9.50. The van der Waals surface area contributed by atoms with Crippen LogP contribution in [0.5, 0.6) is 5.75 Å². The van der Waals surface area contributed by atoms with E-state index < -0.39 is 23.7 Å². The van der Waals surface area contributed by atoms with Crippen LogP contribution in [0.15, 0.2) is 18.2 Å². The van der Waals surface area contributed by atoms with Crippen LogP contribution < -0.4 is 10.1 Å². The van der Waals surface area contributed by atoms with Crippen LogP contribution in [-0.2, 0) is 14.3 Å². The molecule has 1 amide bonds. The molecule has 0 aliphatic carbocycles. The molecule has 1 aromatic rings. The molecule has 0 aliphatic heterocycles. The van der Waals surface area contributed by atoms with Crippen LogP contribution >= 0.6 is 0 Å². The standard InChI is InChI=1S/C18H27NO5/c1-12-8-7-9-15(13(12)2)23-11-10-14(16(20)22-6)19-17(21)24-18(3,4)5/h7-9,14H,10-11H2,1-6H3,(H,19,21)/t14-/m0/s1. The van der Waals surface area contributed by atoms with E-state index >= 15 is 0 Å². The Balaban J connectivity index is 2.62. The Morgan fingerprint density at radius 3 is 2.46 bits per heavy atom. The third-order valence-corrected chi connectivity index (χ3v) is 3.40. The Bertz CT molecular complexity index is 577. The summed E-state index contributed by atoms with van der Waals surface area (Å²) in [6.07, 6.45) is -0.385. The number of alkyl carbamates (subject to hydrolysis) is 1. The molecule has 0 heterocycles. The number of carbonyl (C=O) groups excluding carboxylic acids is 2. The van der Waals surface area contributed by atoms with Gasteiger partial charge in [-0.2, -0.15) is 0 Å². The Morgan fingerprint density at radius 2 is 1.88 bits per heavy atom. The number of hydrogen-bond donors (Lipinski definition) is 1. The van der Waals surface area contributed by atoms with Crippen LogP contribution in [-0.4, -0.2) is 37.4 Å². The molecule has 0 saturated heterocycles. The molecule has 0 bridgehead atoms. The van der Waals surface area contributed by atoms with Gasteiger partial charge in [0.1, 0.15) is 17.4 Å². The summed E-state index contributed by atoms with van der Waals surface area (Å²) in [5.41, 5.74) is 1.54. The van der Waals surface area contributed by atoms with Gasteiger partial charge in [-0.15, -0.1) is 0 Å². The topological polar surface area (TPSA) is 73.9 Å². The SMILES string of the molecule is COC(=O)[C@H](CCOc1cccc(C)c1C)NC(=O)OC(C)(C)C. The third-order valence-electron chi connectivity index (χ3n) is 3.40. The number of esters is 1. The number of aryl methyl sites for hydroxylation is 1. The monoisotopic (exact) mass is 337 g/mol. The summed E-state index contributed by atoms with van der Waals surface area (Å²) in [5.74, 6) is 0.223. The second-order valence-corrected chi connectivity index (χ2v) is 6.56. The minimum atomic E-state index is -0.824. The first-order valence-electron chi connectivity index (χ1n) is 7.90. The van der Waals surface area contributed by atoms with Gasteiger partial charge in [0.05, 0.1) is 13.7 Å². The molecule has 0 fully saturated rings. The molecule has 134 valence electrons. The van der Waals surface area contributed by atoms with E-state index in [9.17, 15) is 9.59 Å². The lowest BCUT2D eigenvalue weighted by Gasteiger charge is -2.22. The summed E-state index contributed by atoms with van der Waals surface area (Å²) < 4.78 is 15.6. The molecule has 1 atom stereocenters. The van der Waals surface area contributed by atoms with Crippen molar-refractivity contribution in [1.82, 2.24) is 5.32 Å². The fraction of sp³-hybridized carbons (Fsp3) is 0.556. The largest absolute Gasteiger partial charge is 0.493 e. The van der Waals surface area contributed by atoms with E-state index in [0.717, 1.165) is 16.9 Å². The van der Waals surface area contributed by atoms with Crippen molar-refractivity contribution < 1.29 is 23.8 Å². The lowest BCUT2D eigenvalue weighted by atomic mass is 10.1. The predicted octanol–water partition coefficient (Wildman–Crippen LogP) is 3.14. The zero-order chi connectivity index (χ0) is 18.3. The van der Waals surface area contributed by atoms with Gasteiger partial charge in [0.15, 0.2) is 0 Å². The first-order valence-corrected chi connectivity index (χ1v) is 7.90. The Morgan fingerprint density at radius 1 is 1.21 bits per heavy atom. The molecule has 1 aromatic carbocycles. The van der Waals surface area contributed by atoms with Gasteiger partial charge in [0.25, 0.3) is 0 Å².